The molecule has 4 rings (SSSR count). The Morgan fingerprint density at radius 2 is 1.81 bits per heavy atom. The number of unbranched alkanes of at least 4 members (excludes halogenated alkanes) is 1. The summed E-state index contributed by atoms with van der Waals surface area (Å²) in [6.45, 7) is 4.45. The fourth-order valence-corrected chi connectivity index (χ4v) is 3.37. The van der Waals surface area contributed by atoms with Gasteiger partial charge in [0.25, 0.3) is 5.91 Å². The summed E-state index contributed by atoms with van der Waals surface area (Å²) in [4.78, 5) is 32.0. The zero-order valence-corrected chi connectivity index (χ0v) is 17.5. The van der Waals surface area contributed by atoms with Crippen molar-refractivity contribution < 1.29 is 4.79 Å². The third-order valence-electron chi connectivity index (χ3n) is 5.08. The molecule has 0 aliphatic carbocycles. The number of nitrogens with one attached hydrogen (secondary N) is 3. The molecule has 2 aromatic heterocycles. The van der Waals surface area contributed by atoms with E-state index in [4.69, 9.17) is 0 Å². The number of amides is 1. The second-order valence-electron chi connectivity index (χ2n) is 7.32. The summed E-state index contributed by atoms with van der Waals surface area (Å²) in [5, 5.41) is 3.25. The van der Waals surface area contributed by atoms with E-state index in [0.29, 0.717) is 17.5 Å². The highest BCUT2D eigenvalue weighted by atomic mass is 16.2. The molecule has 1 amide bonds. The van der Waals surface area contributed by atoms with Crippen LogP contribution in [0.2, 0.25) is 0 Å². The van der Waals surface area contributed by atoms with Gasteiger partial charge in [0.1, 0.15) is 0 Å². The van der Waals surface area contributed by atoms with Gasteiger partial charge in [0.15, 0.2) is 0 Å². The van der Waals surface area contributed by atoms with Crippen LogP contribution in [0.1, 0.15) is 41.3 Å². The molecule has 160 valence electrons. The quantitative estimate of drug-likeness (QED) is 0.379. The smallest absolute Gasteiger partial charge is 0.269 e. The Bertz CT molecular complexity index is 1030. The summed E-state index contributed by atoms with van der Waals surface area (Å²) in [5.41, 5.74) is 8.59. The number of carbonyl (C=O) groups excluding carboxylic acids is 1. The maximum atomic E-state index is 12.3. The van der Waals surface area contributed by atoms with Crippen LogP contribution in [0, 0.1) is 0 Å². The number of carbonyl (C=O) groups is 1. The number of hydrogen-bond donors (Lipinski definition) is 3. The Morgan fingerprint density at radius 3 is 2.61 bits per heavy atom. The van der Waals surface area contributed by atoms with E-state index in [1.807, 2.05) is 0 Å². The molecule has 0 radical (unpaired) electrons. The molecule has 0 bridgehead atoms. The van der Waals surface area contributed by atoms with Crippen LogP contribution in [0.4, 0.5) is 17.8 Å². The van der Waals surface area contributed by atoms with E-state index in [2.05, 4.69) is 72.2 Å². The maximum Gasteiger partial charge on any atom is 0.269 e. The van der Waals surface area contributed by atoms with Crippen LogP contribution in [0.25, 0.3) is 0 Å². The molecule has 3 aromatic rings. The number of rotatable bonds is 8. The minimum Gasteiger partial charge on any atom is -0.354 e. The van der Waals surface area contributed by atoms with Gasteiger partial charge in [-0.3, -0.25) is 20.6 Å². The van der Waals surface area contributed by atoms with Crippen LogP contribution in [-0.4, -0.2) is 38.9 Å². The fourth-order valence-electron chi connectivity index (χ4n) is 3.37. The standard InChI is InChI=1S/C22H26N8O/c1-2-3-11-24-20-25-21(29-28-19(31)17-8-12-23-13-9-17)27-22(26-20)30-14-10-16-6-4-5-7-18(16)15-30/h4-9,12-13H,2-3,10-11,14-15H2,1H3,(H,28,31)(H2,24,25,26,27,29). The molecule has 1 aromatic carbocycles. The van der Waals surface area contributed by atoms with Crippen molar-refractivity contribution in [1.82, 2.24) is 25.4 Å². The Labute approximate surface area is 181 Å². The second-order valence-corrected chi connectivity index (χ2v) is 7.32. The molecular formula is C22H26N8O. The van der Waals surface area contributed by atoms with Crippen molar-refractivity contribution in [3.05, 3.63) is 65.5 Å². The van der Waals surface area contributed by atoms with Gasteiger partial charge in [0.2, 0.25) is 17.8 Å². The molecule has 0 atom stereocenters. The average molecular weight is 419 g/mol. The van der Waals surface area contributed by atoms with E-state index in [-0.39, 0.29) is 11.9 Å². The summed E-state index contributed by atoms with van der Waals surface area (Å²) in [7, 11) is 0. The maximum absolute atomic E-state index is 12.3. The van der Waals surface area contributed by atoms with E-state index in [1.165, 1.54) is 11.1 Å². The highest BCUT2D eigenvalue weighted by Gasteiger charge is 2.20. The van der Waals surface area contributed by atoms with E-state index in [0.717, 1.165) is 38.9 Å². The highest BCUT2D eigenvalue weighted by Crippen LogP contribution is 2.23. The minimum atomic E-state index is -0.295. The van der Waals surface area contributed by atoms with Crippen molar-refractivity contribution >= 4 is 23.8 Å². The van der Waals surface area contributed by atoms with Gasteiger partial charge < -0.3 is 10.2 Å². The zero-order valence-electron chi connectivity index (χ0n) is 17.5. The number of anilines is 3. The summed E-state index contributed by atoms with van der Waals surface area (Å²) in [6.07, 6.45) is 6.16. The van der Waals surface area contributed by atoms with Crippen LogP contribution >= 0.6 is 0 Å². The third kappa shape index (κ3) is 5.25. The number of aromatic nitrogens is 4. The molecule has 9 nitrogen and oxygen atoms in total. The monoisotopic (exact) mass is 418 g/mol. The number of nitrogens with zero attached hydrogens (tertiary/aromatic N) is 5. The first-order valence-electron chi connectivity index (χ1n) is 10.5. The molecular weight excluding hydrogens is 392 g/mol. The van der Waals surface area contributed by atoms with Crippen molar-refractivity contribution in [1.29, 1.82) is 0 Å². The Morgan fingerprint density at radius 1 is 1.03 bits per heavy atom. The van der Waals surface area contributed by atoms with Gasteiger partial charge >= 0.3 is 0 Å². The van der Waals surface area contributed by atoms with E-state index in [9.17, 15) is 4.79 Å². The molecule has 0 saturated carbocycles. The van der Waals surface area contributed by atoms with Gasteiger partial charge in [0.05, 0.1) is 0 Å². The number of fused-ring (bicyclic) bond motifs is 1. The molecule has 0 spiro atoms. The number of hydrazine groups is 1. The first kappa shape index (κ1) is 20.5. The lowest BCUT2D eigenvalue weighted by atomic mass is 10.0. The van der Waals surface area contributed by atoms with Crippen LogP contribution in [0.3, 0.4) is 0 Å². The van der Waals surface area contributed by atoms with Crippen molar-refractivity contribution in [2.45, 2.75) is 32.7 Å². The van der Waals surface area contributed by atoms with Crippen LogP contribution in [-0.2, 0) is 13.0 Å². The van der Waals surface area contributed by atoms with Crippen molar-refractivity contribution in [2.75, 3.05) is 28.7 Å². The predicted octanol–water partition coefficient (Wildman–Crippen LogP) is 2.80. The Kier molecular flexibility index (Phi) is 6.51. The molecule has 1 aliphatic heterocycles. The lowest BCUT2D eigenvalue weighted by molar-refractivity contribution is 0.0962. The van der Waals surface area contributed by atoms with E-state index >= 15 is 0 Å². The highest BCUT2D eigenvalue weighted by molar-refractivity contribution is 5.94. The Balaban J connectivity index is 1.52. The van der Waals surface area contributed by atoms with E-state index < -0.39 is 0 Å². The van der Waals surface area contributed by atoms with Crippen molar-refractivity contribution in [3.63, 3.8) is 0 Å². The lowest BCUT2D eigenvalue weighted by Gasteiger charge is -2.29. The van der Waals surface area contributed by atoms with Crippen LogP contribution in [0.15, 0.2) is 48.8 Å². The molecule has 0 fully saturated rings. The molecule has 1 aliphatic rings. The third-order valence-corrected chi connectivity index (χ3v) is 5.08. The normalized spacial score (nSPS) is 12.7. The van der Waals surface area contributed by atoms with Gasteiger partial charge in [-0.1, -0.05) is 37.6 Å². The minimum absolute atomic E-state index is 0.283. The first-order valence-corrected chi connectivity index (χ1v) is 10.5. The Hall–Kier alpha value is -3.75. The van der Waals surface area contributed by atoms with Crippen LogP contribution < -0.4 is 21.1 Å². The average Bonchev–Trinajstić information content (AvgIpc) is 2.83. The van der Waals surface area contributed by atoms with E-state index in [1.54, 1.807) is 24.5 Å². The van der Waals surface area contributed by atoms with Crippen LogP contribution in [0.5, 0.6) is 0 Å². The molecule has 9 heteroatoms. The number of hydrogen-bond acceptors (Lipinski definition) is 8. The number of pyridine rings is 1. The van der Waals surface area contributed by atoms with Gasteiger partial charge in [-0.05, 0) is 36.1 Å². The van der Waals surface area contributed by atoms with Crippen molar-refractivity contribution in [3.8, 4) is 0 Å². The second kappa shape index (κ2) is 9.84. The summed E-state index contributed by atoms with van der Waals surface area (Å²) in [6, 6.07) is 11.7. The summed E-state index contributed by atoms with van der Waals surface area (Å²) < 4.78 is 0. The first-order chi connectivity index (χ1) is 15.2. The van der Waals surface area contributed by atoms with Gasteiger partial charge in [-0.15, -0.1) is 0 Å². The summed E-state index contributed by atoms with van der Waals surface area (Å²) in [5.74, 6) is 1.05. The molecule has 3 heterocycles. The van der Waals surface area contributed by atoms with Gasteiger partial charge in [0, 0.05) is 37.6 Å². The largest absolute Gasteiger partial charge is 0.354 e. The molecule has 0 saturated heterocycles. The molecule has 3 N–H and O–H groups in total. The van der Waals surface area contributed by atoms with Crippen molar-refractivity contribution in [2.24, 2.45) is 0 Å². The molecule has 31 heavy (non-hydrogen) atoms. The SMILES string of the molecule is CCCCNc1nc(NNC(=O)c2ccncc2)nc(N2CCc3ccccc3C2)n1. The number of benzene rings is 1. The summed E-state index contributed by atoms with van der Waals surface area (Å²) >= 11 is 0. The van der Waals surface area contributed by atoms with Gasteiger partial charge in [-0.25, -0.2) is 0 Å². The fraction of sp³-hybridized carbons (Fsp3) is 0.318. The topological polar surface area (TPSA) is 108 Å². The zero-order chi connectivity index (χ0) is 21.5. The predicted molar refractivity (Wildman–Crippen MR) is 120 cm³/mol. The lowest BCUT2D eigenvalue weighted by Crippen LogP contribution is -2.34. The van der Waals surface area contributed by atoms with Gasteiger partial charge in [-0.2, -0.15) is 15.0 Å². The molecule has 0 unspecified atom stereocenters.